The highest BCUT2D eigenvalue weighted by molar-refractivity contribution is 6.22. The first-order valence-corrected chi connectivity index (χ1v) is 56.3. The van der Waals surface area contributed by atoms with Gasteiger partial charge in [-0.15, -0.1) is 0 Å². The van der Waals surface area contributed by atoms with Crippen LogP contribution in [0.1, 0.15) is 340 Å². The van der Waals surface area contributed by atoms with Crippen LogP contribution < -0.4 is 4.90 Å². The molecule has 2 aromatic heterocycles. The Hall–Kier alpha value is -13.1. The second-order valence-electron chi connectivity index (χ2n) is 47.8. The molecule has 732 valence electrons. The zero-order valence-electron chi connectivity index (χ0n) is 89.4. The highest BCUT2D eigenvalue weighted by Gasteiger charge is 2.52. The minimum absolute atomic E-state index is 0.0183. The molecule has 0 aliphatic heterocycles. The third-order valence-corrected chi connectivity index (χ3v) is 37.5. The van der Waals surface area contributed by atoms with Crippen LogP contribution in [-0.2, 0) is 37.9 Å². The fourth-order valence-electron chi connectivity index (χ4n) is 29.8. The van der Waals surface area contributed by atoms with Crippen molar-refractivity contribution in [3.05, 3.63) is 374 Å². The Kier molecular flexibility index (Phi) is 22.9. The van der Waals surface area contributed by atoms with E-state index in [2.05, 4.69) is 401 Å². The maximum Gasteiger partial charge on any atom is 0.144 e. The van der Waals surface area contributed by atoms with Gasteiger partial charge in [0.2, 0.25) is 0 Å². The molecule has 0 spiro atoms. The SMILES string of the molecule is CCCCCCCC1(CCCCCCC)c2ccccc2-c2ccc(-c3ccc4c(c3)C(C)(C)c3cc(-c5ccc6c(c5)C(C)(C)c5c7c(c8c(oc9ccccc98)c5-6)-c5ccc(N(c6ccc8c(c6)C(C)(C)c6cc(-c9ccc%10c(c9)C(C)(C)c9cc(-c%11ccc%12c(c%11)C(CCCCCCC)(CCCCCCC)c%11ccccc%11-%12)ccc9-%10)c9oc%10ccccc%10c9c6-8)c6c(C)cccc6C)cc5C7(C)C)ccc3-4)cc21. The number of aryl methyl sites for hydroxylation is 2. The van der Waals surface area contributed by atoms with Gasteiger partial charge in [0.1, 0.15) is 22.3 Å². The van der Waals surface area contributed by atoms with E-state index in [1.807, 2.05) is 0 Å². The quantitative estimate of drug-likeness (QED) is 0.0406. The second kappa shape index (κ2) is 35.6. The first-order valence-electron chi connectivity index (χ1n) is 56.3. The van der Waals surface area contributed by atoms with Gasteiger partial charge in [-0.25, -0.2) is 0 Å². The molecule has 16 aromatic carbocycles. The summed E-state index contributed by atoms with van der Waals surface area (Å²) in [4.78, 5) is 2.60. The number of hydrogen-bond acceptors (Lipinski definition) is 3. The summed E-state index contributed by atoms with van der Waals surface area (Å²) < 4.78 is 14.8. The second-order valence-corrected chi connectivity index (χ2v) is 47.8. The van der Waals surface area contributed by atoms with E-state index >= 15 is 0 Å². The number of benzene rings is 16. The van der Waals surface area contributed by atoms with E-state index in [4.69, 9.17) is 8.83 Å². The summed E-state index contributed by atoms with van der Waals surface area (Å²) >= 11 is 0. The molecule has 0 saturated heterocycles. The van der Waals surface area contributed by atoms with Crippen LogP contribution in [0.2, 0.25) is 0 Å². The topological polar surface area (TPSA) is 29.5 Å². The summed E-state index contributed by atoms with van der Waals surface area (Å²) in [5.41, 5.74) is 56.7. The number of para-hydroxylation sites is 3. The molecular formula is C143H143NO2. The molecule has 7 aliphatic rings. The Bertz CT molecular complexity index is 8320. The lowest BCUT2D eigenvalue weighted by atomic mass is 9.70. The Balaban J connectivity index is 0.542. The molecule has 25 rings (SSSR count). The maximum absolute atomic E-state index is 7.43. The van der Waals surface area contributed by atoms with Crippen molar-refractivity contribution in [2.75, 3.05) is 4.90 Å². The molecular weight excluding hydrogens is 1760 g/mol. The minimum Gasteiger partial charge on any atom is -0.455 e. The third-order valence-electron chi connectivity index (χ3n) is 37.5. The number of furan rings is 2. The van der Waals surface area contributed by atoms with Crippen molar-refractivity contribution in [2.24, 2.45) is 0 Å². The van der Waals surface area contributed by atoms with Gasteiger partial charge in [0, 0.05) is 82.0 Å². The first-order chi connectivity index (χ1) is 70.8. The van der Waals surface area contributed by atoms with Crippen LogP contribution in [-0.4, -0.2) is 0 Å². The summed E-state index contributed by atoms with van der Waals surface area (Å²) in [5, 5.41) is 4.71. The maximum atomic E-state index is 7.43. The molecule has 0 amide bonds. The molecule has 3 nitrogen and oxygen atoms in total. The molecule has 0 N–H and O–H groups in total. The fourth-order valence-corrected chi connectivity index (χ4v) is 29.8. The first kappa shape index (κ1) is 93.9. The van der Waals surface area contributed by atoms with Gasteiger partial charge in [0.15, 0.2) is 0 Å². The largest absolute Gasteiger partial charge is 0.455 e. The predicted octanol–water partition coefficient (Wildman–Crippen LogP) is 41.7. The Morgan fingerprint density at radius 3 is 0.952 bits per heavy atom. The highest BCUT2D eigenvalue weighted by Crippen LogP contribution is 2.67. The number of nitrogens with zero attached hydrogens (tertiary/aromatic N) is 1. The van der Waals surface area contributed by atoms with Crippen LogP contribution in [0.25, 0.3) is 166 Å². The Morgan fingerprint density at radius 2 is 0.521 bits per heavy atom. The average molecular weight is 1910 g/mol. The van der Waals surface area contributed by atoms with Crippen LogP contribution >= 0.6 is 0 Å². The summed E-state index contributed by atoms with van der Waals surface area (Å²) in [7, 11) is 0. The molecule has 2 heterocycles. The van der Waals surface area contributed by atoms with Gasteiger partial charge in [-0.1, -0.05) is 426 Å². The molecule has 7 aliphatic carbocycles. The Labute approximate surface area is 867 Å². The monoisotopic (exact) mass is 1910 g/mol. The summed E-state index contributed by atoms with van der Waals surface area (Å²) in [5.74, 6) is 0. The van der Waals surface area contributed by atoms with Crippen LogP contribution in [0.4, 0.5) is 17.1 Å². The smallest absolute Gasteiger partial charge is 0.144 e. The number of unbranched alkanes of at least 4 members (excludes halogenated alkanes) is 16. The van der Waals surface area contributed by atoms with Crippen molar-refractivity contribution in [1.82, 2.24) is 0 Å². The Morgan fingerprint density at radius 1 is 0.219 bits per heavy atom. The predicted molar refractivity (Wildman–Crippen MR) is 621 cm³/mol. The van der Waals surface area contributed by atoms with Crippen LogP contribution in [0.3, 0.4) is 0 Å². The average Bonchev–Trinajstić information content (AvgIpc) is 1.49. The van der Waals surface area contributed by atoms with Gasteiger partial charge < -0.3 is 13.7 Å². The van der Waals surface area contributed by atoms with E-state index in [1.165, 1.54) is 354 Å². The molecule has 0 radical (unpaired) electrons. The normalized spacial score (nSPS) is 15.8. The van der Waals surface area contributed by atoms with Crippen LogP contribution in [0.5, 0.6) is 0 Å². The molecule has 0 atom stereocenters. The minimum atomic E-state index is -0.448. The van der Waals surface area contributed by atoms with E-state index in [0.717, 1.165) is 50.0 Å². The lowest BCUT2D eigenvalue weighted by Crippen LogP contribution is -2.25. The van der Waals surface area contributed by atoms with Gasteiger partial charge in [0.25, 0.3) is 0 Å². The summed E-state index contributed by atoms with van der Waals surface area (Å²) in [6.07, 6.45) is 30.8. The van der Waals surface area contributed by atoms with Crippen molar-refractivity contribution in [1.29, 1.82) is 0 Å². The number of hydrogen-bond donors (Lipinski definition) is 0. The van der Waals surface area contributed by atoms with E-state index in [1.54, 1.807) is 22.3 Å². The van der Waals surface area contributed by atoms with Crippen molar-refractivity contribution >= 4 is 60.9 Å². The van der Waals surface area contributed by atoms with Gasteiger partial charge in [-0.2, -0.15) is 0 Å². The summed E-state index contributed by atoms with van der Waals surface area (Å²) in [6.45, 7) is 38.8. The summed E-state index contributed by atoms with van der Waals surface area (Å²) in [6, 6.07) is 113. The van der Waals surface area contributed by atoms with E-state index in [-0.39, 0.29) is 21.7 Å². The fraction of sp³-hybridized carbons (Fsp3) is 0.329. The van der Waals surface area contributed by atoms with Gasteiger partial charge >= 0.3 is 0 Å². The lowest BCUT2D eigenvalue weighted by molar-refractivity contribution is 0.399. The lowest BCUT2D eigenvalue weighted by Gasteiger charge is -2.33. The van der Waals surface area contributed by atoms with E-state index in [9.17, 15) is 0 Å². The molecule has 0 saturated carbocycles. The van der Waals surface area contributed by atoms with Crippen molar-refractivity contribution < 1.29 is 8.83 Å². The molecule has 3 heteroatoms. The van der Waals surface area contributed by atoms with Gasteiger partial charge in [0.05, 0.1) is 5.69 Å². The number of fused-ring (bicyclic) bond motifs is 31. The highest BCUT2D eigenvalue weighted by atomic mass is 16.3. The standard InChI is InChI=1S/C143H143NO2/c1-17-21-25-29-41-74-142(75-42-30-26-22-18-2)113-52-37-33-48-99(113)105-68-59-94(82-122(105)142)91-57-66-102-101-65-56-90(78-115(101)137(7,8)116(102)79-91)93-61-71-109-119(81-93)140(13,14)133-131(109)136-130(111-51-36-40-55-126(111)146-136)128-108-73-64-98(86-121(108)141(15,16)132(128)133)144(134-88(5)46-45-47-89(134)6)97-63-72-107-120(85-97)139(11,12)124-87-112(135-129(127(107)124)110-50-35-39-54-125(110)145-135)96-62-70-104-103-67-58-92(80-117(103)138(9,10)118(104)84-96)95-60-69-106-100-49-34-38-53-114(100)143(123(106)83-95,76-43-31-27-23-19-3)77-44-32-28-24-20-4/h33-40,45-73,78-87H,17-32,41-44,74-77H2,1-16H3. The van der Waals surface area contributed by atoms with E-state index in [0.29, 0.717) is 0 Å². The number of rotatable bonds is 31. The molecule has 18 aromatic rings. The zero-order chi connectivity index (χ0) is 100.0. The van der Waals surface area contributed by atoms with Crippen molar-refractivity contribution in [3.63, 3.8) is 0 Å². The number of anilines is 3. The van der Waals surface area contributed by atoms with Gasteiger partial charge in [-0.05, 0) is 325 Å². The van der Waals surface area contributed by atoms with Crippen molar-refractivity contribution in [2.45, 2.75) is 303 Å². The molecule has 0 fully saturated rings. The van der Waals surface area contributed by atoms with Gasteiger partial charge in [-0.3, -0.25) is 0 Å². The van der Waals surface area contributed by atoms with E-state index < -0.39 is 16.2 Å². The zero-order valence-corrected chi connectivity index (χ0v) is 89.4. The molecule has 0 unspecified atom stereocenters. The molecule has 0 bridgehead atoms. The van der Waals surface area contributed by atoms with Crippen molar-refractivity contribution in [3.8, 4) is 122 Å². The van der Waals surface area contributed by atoms with Crippen LogP contribution in [0, 0.1) is 13.8 Å². The molecule has 146 heavy (non-hydrogen) atoms. The third kappa shape index (κ3) is 14.2. The van der Waals surface area contributed by atoms with Crippen LogP contribution in [0.15, 0.2) is 294 Å².